The summed E-state index contributed by atoms with van der Waals surface area (Å²) in [6.45, 7) is 2.54. The van der Waals surface area contributed by atoms with Crippen LogP contribution >= 0.6 is 11.8 Å². The van der Waals surface area contributed by atoms with Gasteiger partial charge in [0.1, 0.15) is 12.4 Å². The summed E-state index contributed by atoms with van der Waals surface area (Å²) in [5.74, 6) is -1.94. The Morgan fingerprint density at radius 1 is 1.12 bits per heavy atom. The van der Waals surface area contributed by atoms with Gasteiger partial charge in [-0.25, -0.2) is 8.42 Å². The lowest BCUT2D eigenvalue weighted by Crippen LogP contribution is -2.13. The normalized spacial score (nSPS) is 11.6. The molecule has 0 aliphatic heterocycles. The van der Waals surface area contributed by atoms with E-state index in [1.807, 2.05) is 0 Å². The number of hydrogen-bond donors (Lipinski definition) is 1. The Labute approximate surface area is 155 Å². The maximum Gasteiger partial charge on any atom is 0.288 e. The first-order valence-electron chi connectivity index (χ1n) is 7.62. The van der Waals surface area contributed by atoms with Crippen LogP contribution in [0, 0.1) is 6.92 Å². The van der Waals surface area contributed by atoms with E-state index >= 15 is 0 Å². The van der Waals surface area contributed by atoms with Gasteiger partial charge in [-0.15, -0.1) is 0 Å². The minimum Gasteiger partial charge on any atom is -0.491 e. The van der Waals surface area contributed by atoms with Gasteiger partial charge in [-0.05, 0) is 55.0 Å². The fourth-order valence-electron chi connectivity index (χ4n) is 2.10. The van der Waals surface area contributed by atoms with Crippen molar-refractivity contribution in [1.29, 1.82) is 0 Å². The van der Waals surface area contributed by atoms with Gasteiger partial charge >= 0.3 is 0 Å². The Hall–Kier alpha value is -1.84. The van der Waals surface area contributed by atoms with Crippen molar-refractivity contribution in [3.8, 4) is 5.75 Å². The minimum absolute atomic E-state index is 0.0834. The highest BCUT2D eigenvalue weighted by molar-refractivity contribution is 7.99. The summed E-state index contributed by atoms with van der Waals surface area (Å²) < 4.78 is 62.5. The van der Waals surface area contributed by atoms with E-state index in [4.69, 9.17) is 9.47 Å². The standard InChI is InChI=1S/C17H19F2NO4S2/c1-12-11-15(7-8-16(12)24-10-9-23-2)26(21,22)20-13-3-5-14(6-4-13)25-17(18)19/h3-8,11,17,20H,9-10H2,1-2H3. The van der Waals surface area contributed by atoms with E-state index in [-0.39, 0.29) is 4.90 Å². The first kappa shape index (κ1) is 20.5. The summed E-state index contributed by atoms with van der Waals surface area (Å²) in [6, 6.07) is 10.3. The molecular weight excluding hydrogens is 384 g/mol. The minimum atomic E-state index is -3.80. The molecule has 0 heterocycles. The van der Waals surface area contributed by atoms with Crippen LogP contribution in [0.4, 0.5) is 14.5 Å². The van der Waals surface area contributed by atoms with Gasteiger partial charge in [0, 0.05) is 17.7 Å². The van der Waals surface area contributed by atoms with Gasteiger partial charge < -0.3 is 9.47 Å². The van der Waals surface area contributed by atoms with Crippen molar-refractivity contribution < 1.29 is 26.7 Å². The molecule has 9 heteroatoms. The number of alkyl halides is 2. The van der Waals surface area contributed by atoms with Crippen LogP contribution in [0.15, 0.2) is 52.3 Å². The van der Waals surface area contributed by atoms with Crippen molar-refractivity contribution in [2.45, 2.75) is 22.5 Å². The summed E-state index contributed by atoms with van der Waals surface area (Å²) in [5.41, 5.74) is 0.967. The number of rotatable bonds is 9. The molecule has 0 atom stereocenters. The Morgan fingerprint density at radius 2 is 1.81 bits per heavy atom. The highest BCUT2D eigenvalue weighted by Crippen LogP contribution is 2.27. The maximum atomic E-state index is 12.5. The molecule has 0 radical (unpaired) electrons. The molecular formula is C17H19F2NO4S2. The van der Waals surface area contributed by atoms with Gasteiger partial charge in [0.15, 0.2) is 0 Å². The number of thioether (sulfide) groups is 1. The molecule has 2 aromatic carbocycles. The number of nitrogens with one attached hydrogen (secondary N) is 1. The molecule has 0 bridgehead atoms. The van der Waals surface area contributed by atoms with E-state index in [1.165, 1.54) is 36.4 Å². The van der Waals surface area contributed by atoms with Gasteiger partial charge in [-0.1, -0.05) is 11.8 Å². The molecule has 0 saturated carbocycles. The fourth-order valence-corrected chi connectivity index (χ4v) is 3.75. The number of anilines is 1. The quantitative estimate of drug-likeness (QED) is 0.504. The SMILES string of the molecule is COCCOc1ccc(S(=O)(=O)Nc2ccc(SC(F)F)cc2)cc1C. The van der Waals surface area contributed by atoms with Gasteiger partial charge in [0.25, 0.3) is 15.8 Å². The number of aryl methyl sites for hydroxylation is 1. The van der Waals surface area contributed by atoms with Crippen LogP contribution in [0.1, 0.15) is 5.56 Å². The summed E-state index contributed by atoms with van der Waals surface area (Å²) in [6.07, 6.45) is 0. The largest absolute Gasteiger partial charge is 0.491 e. The Kier molecular flexibility index (Phi) is 7.24. The van der Waals surface area contributed by atoms with Crippen molar-refractivity contribution in [3.63, 3.8) is 0 Å². The number of benzene rings is 2. The molecule has 0 unspecified atom stereocenters. The third-order valence-electron chi connectivity index (χ3n) is 3.33. The van der Waals surface area contributed by atoms with Crippen LogP contribution in [-0.4, -0.2) is 34.5 Å². The average Bonchev–Trinajstić information content (AvgIpc) is 2.57. The van der Waals surface area contributed by atoms with Crippen LogP contribution < -0.4 is 9.46 Å². The first-order chi connectivity index (χ1) is 12.3. The van der Waals surface area contributed by atoms with Gasteiger partial charge in [0.05, 0.1) is 11.5 Å². The third kappa shape index (κ3) is 5.86. The van der Waals surface area contributed by atoms with Crippen molar-refractivity contribution in [2.75, 3.05) is 25.0 Å². The van der Waals surface area contributed by atoms with Crippen LogP contribution in [0.25, 0.3) is 0 Å². The zero-order chi connectivity index (χ0) is 19.2. The lowest BCUT2D eigenvalue weighted by Gasteiger charge is -2.12. The number of ether oxygens (including phenoxy) is 2. The second-order valence-corrected chi connectivity index (χ2v) is 8.02. The fraction of sp³-hybridized carbons (Fsp3) is 0.294. The molecule has 0 saturated heterocycles. The monoisotopic (exact) mass is 403 g/mol. The van der Waals surface area contributed by atoms with Crippen LogP contribution in [0.2, 0.25) is 0 Å². The maximum absolute atomic E-state index is 12.5. The highest BCUT2D eigenvalue weighted by atomic mass is 32.2. The molecule has 1 N–H and O–H groups in total. The molecule has 2 aromatic rings. The van der Waals surface area contributed by atoms with E-state index in [9.17, 15) is 17.2 Å². The molecule has 5 nitrogen and oxygen atoms in total. The first-order valence-corrected chi connectivity index (χ1v) is 9.98. The number of hydrogen-bond acceptors (Lipinski definition) is 5. The Bertz CT molecular complexity index is 827. The lowest BCUT2D eigenvalue weighted by molar-refractivity contribution is 0.146. The van der Waals surface area contributed by atoms with Gasteiger partial charge in [0.2, 0.25) is 0 Å². The molecule has 2 rings (SSSR count). The molecule has 0 aromatic heterocycles. The Morgan fingerprint density at radius 3 is 2.38 bits per heavy atom. The van der Waals surface area contributed by atoms with Crippen LogP contribution in [0.3, 0.4) is 0 Å². The van der Waals surface area contributed by atoms with Gasteiger partial charge in [-0.2, -0.15) is 8.78 Å². The number of sulfonamides is 1. The zero-order valence-electron chi connectivity index (χ0n) is 14.2. The summed E-state index contributed by atoms with van der Waals surface area (Å²) in [5, 5.41) is 0. The van der Waals surface area contributed by atoms with E-state index in [1.54, 1.807) is 20.1 Å². The highest BCUT2D eigenvalue weighted by Gasteiger charge is 2.16. The second-order valence-electron chi connectivity index (χ2n) is 5.28. The average molecular weight is 403 g/mol. The summed E-state index contributed by atoms with van der Waals surface area (Å²) >= 11 is 0.400. The summed E-state index contributed by atoms with van der Waals surface area (Å²) in [7, 11) is -2.23. The smallest absolute Gasteiger partial charge is 0.288 e. The molecule has 0 aliphatic carbocycles. The molecule has 142 valence electrons. The van der Waals surface area contributed by atoms with Crippen molar-refractivity contribution >= 4 is 27.5 Å². The molecule has 0 amide bonds. The van der Waals surface area contributed by atoms with E-state index in [2.05, 4.69) is 4.72 Å². The van der Waals surface area contributed by atoms with Crippen molar-refractivity contribution in [2.24, 2.45) is 0 Å². The van der Waals surface area contributed by atoms with Crippen molar-refractivity contribution in [1.82, 2.24) is 0 Å². The van der Waals surface area contributed by atoms with Crippen LogP contribution in [0.5, 0.6) is 5.75 Å². The van der Waals surface area contributed by atoms with E-state index in [0.29, 0.717) is 46.9 Å². The van der Waals surface area contributed by atoms with Crippen molar-refractivity contribution in [3.05, 3.63) is 48.0 Å². The van der Waals surface area contributed by atoms with Crippen LogP contribution in [-0.2, 0) is 14.8 Å². The van der Waals surface area contributed by atoms with Gasteiger partial charge in [-0.3, -0.25) is 4.72 Å². The number of methoxy groups -OCH3 is 1. The molecule has 0 aliphatic rings. The molecule has 0 fully saturated rings. The molecule has 26 heavy (non-hydrogen) atoms. The summed E-state index contributed by atoms with van der Waals surface area (Å²) in [4.78, 5) is 0.441. The number of halogens is 2. The van der Waals surface area contributed by atoms with E-state index < -0.39 is 15.8 Å². The zero-order valence-corrected chi connectivity index (χ0v) is 15.9. The predicted octanol–water partition coefficient (Wildman–Crippen LogP) is 4.14. The molecule has 0 spiro atoms. The topological polar surface area (TPSA) is 64.6 Å². The second kappa shape index (κ2) is 9.20. The van der Waals surface area contributed by atoms with E-state index in [0.717, 1.165) is 0 Å². The predicted molar refractivity (Wildman–Crippen MR) is 97.7 cm³/mol. The Balaban J connectivity index is 2.10. The lowest BCUT2D eigenvalue weighted by atomic mass is 10.2. The third-order valence-corrected chi connectivity index (χ3v) is 5.43.